The van der Waals surface area contributed by atoms with Crippen LogP contribution in [0.4, 0.5) is 0 Å². The third-order valence-electron chi connectivity index (χ3n) is 4.85. The molecule has 4 nitrogen and oxygen atoms in total. The SMILES string of the molecule is CC1(NC(=O)CCc2ccc3c(c2)OCCCO3)CCCCC1. The van der Waals surface area contributed by atoms with E-state index in [2.05, 4.69) is 12.2 Å². The molecule has 0 spiro atoms. The van der Waals surface area contributed by atoms with E-state index in [0.717, 1.165) is 42.7 Å². The zero-order chi connectivity index (χ0) is 16.1. The summed E-state index contributed by atoms with van der Waals surface area (Å²) in [7, 11) is 0. The smallest absolute Gasteiger partial charge is 0.220 e. The molecule has 0 bridgehead atoms. The lowest BCUT2D eigenvalue weighted by Gasteiger charge is -2.34. The number of fused-ring (bicyclic) bond motifs is 1. The van der Waals surface area contributed by atoms with E-state index in [1.807, 2.05) is 18.2 Å². The van der Waals surface area contributed by atoms with E-state index in [4.69, 9.17) is 9.47 Å². The molecule has 1 aromatic carbocycles. The number of amides is 1. The first kappa shape index (κ1) is 16.2. The minimum Gasteiger partial charge on any atom is -0.490 e. The molecule has 0 atom stereocenters. The van der Waals surface area contributed by atoms with Gasteiger partial charge in [0.05, 0.1) is 13.2 Å². The van der Waals surface area contributed by atoms with Crippen molar-refractivity contribution < 1.29 is 14.3 Å². The molecule has 1 N–H and O–H groups in total. The number of hydrogen-bond acceptors (Lipinski definition) is 3. The monoisotopic (exact) mass is 317 g/mol. The second-order valence-electron chi connectivity index (χ2n) is 7.00. The molecule has 23 heavy (non-hydrogen) atoms. The van der Waals surface area contributed by atoms with Gasteiger partial charge in [-0.1, -0.05) is 25.3 Å². The molecule has 0 radical (unpaired) electrons. The van der Waals surface area contributed by atoms with Crippen molar-refractivity contribution in [3.63, 3.8) is 0 Å². The summed E-state index contributed by atoms with van der Waals surface area (Å²) in [5.74, 6) is 1.77. The van der Waals surface area contributed by atoms with E-state index in [0.29, 0.717) is 19.6 Å². The molecule has 1 amide bonds. The van der Waals surface area contributed by atoms with Gasteiger partial charge in [0.15, 0.2) is 11.5 Å². The maximum absolute atomic E-state index is 12.3. The van der Waals surface area contributed by atoms with Crippen LogP contribution in [-0.2, 0) is 11.2 Å². The first-order valence-electron chi connectivity index (χ1n) is 8.84. The zero-order valence-electron chi connectivity index (χ0n) is 14.0. The van der Waals surface area contributed by atoms with Crippen molar-refractivity contribution >= 4 is 5.91 Å². The van der Waals surface area contributed by atoms with Crippen LogP contribution < -0.4 is 14.8 Å². The van der Waals surface area contributed by atoms with Gasteiger partial charge in [0.1, 0.15) is 0 Å². The number of hydrogen-bond donors (Lipinski definition) is 1. The number of benzene rings is 1. The summed E-state index contributed by atoms with van der Waals surface area (Å²) >= 11 is 0. The van der Waals surface area contributed by atoms with Crippen molar-refractivity contribution in [2.75, 3.05) is 13.2 Å². The molecule has 2 aliphatic rings. The van der Waals surface area contributed by atoms with Crippen LogP contribution in [0.1, 0.15) is 57.4 Å². The van der Waals surface area contributed by atoms with Gasteiger partial charge in [0.2, 0.25) is 5.91 Å². The summed E-state index contributed by atoms with van der Waals surface area (Å²) in [6.45, 7) is 3.57. The third-order valence-corrected chi connectivity index (χ3v) is 4.85. The first-order chi connectivity index (χ1) is 11.1. The summed E-state index contributed by atoms with van der Waals surface area (Å²) in [5, 5.41) is 3.24. The minimum absolute atomic E-state index is 0.0000536. The van der Waals surface area contributed by atoms with E-state index < -0.39 is 0 Å². The van der Waals surface area contributed by atoms with Crippen LogP contribution in [0.25, 0.3) is 0 Å². The van der Waals surface area contributed by atoms with Gasteiger partial charge in [-0.15, -0.1) is 0 Å². The second kappa shape index (κ2) is 7.24. The van der Waals surface area contributed by atoms with Crippen molar-refractivity contribution in [2.45, 2.75) is 63.8 Å². The fourth-order valence-corrected chi connectivity index (χ4v) is 3.48. The van der Waals surface area contributed by atoms with E-state index in [1.54, 1.807) is 0 Å². The lowest BCUT2D eigenvalue weighted by Crippen LogP contribution is -2.47. The lowest BCUT2D eigenvalue weighted by atomic mass is 9.83. The molecule has 0 saturated heterocycles. The molecule has 0 aromatic heterocycles. The Morgan fingerprint density at radius 2 is 1.83 bits per heavy atom. The summed E-state index contributed by atoms with van der Waals surface area (Å²) < 4.78 is 11.3. The summed E-state index contributed by atoms with van der Waals surface area (Å²) in [4.78, 5) is 12.3. The van der Waals surface area contributed by atoms with E-state index >= 15 is 0 Å². The molecular formula is C19H27NO3. The van der Waals surface area contributed by atoms with Crippen molar-refractivity contribution in [3.8, 4) is 11.5 Å². The summed E-state index contributed by atoms with van der Waals surface area (Å²) in [6.07, 6.45) is 8.10. The topological polar surface area (TPSA) is 47.6 Å². The van der Waals surface area contributed by atoms with Gasteiger partial charge < -0.3 is 14.8 Å². The Balaban J connectivity index is 1.53. The van der Waals surface area contributed by atoms with Crippen molar-refractivity contribution in [3.05, 3.63) is 23.8 Å². The van der Waals surface area contributed by atoms with Gasteiger partial charge in [-0.3, -0.25) is 4.79 Å². The van der Waals surface area contributed by atoms with E-state index in [9.17, 15) is 4.79 Å². The van der Waals surface area contributed by atoms with Crippen LogP contribution >= 0.6 is 0 Å². The van der Waals surface area contributed by atoms with Crippen molar-refractivity contribution in [1.29, 1.82) is 0 Å². The highest BCUT2D eigenvalue weighted by Crippen LogP contribution is 2.31. The first-order valence-corrected chi connectivity index (χ1v) is 8.84. The van der Waals surface area contributed by atoms with Gasteiger partial charge >= 0.3 is 0 Å². The maximum Gasteiger partial charge on any atom is 0.220 e. The van der Waals surface area contributed by atoms with Crippen LogP contribution in [0, 0.1) is 0 Å². The van der Waals surface area contributed by atoms with Gasteiger partial charge in [0.25, 0.3) is 0 Å². The number of carbonyl (C=O) groups excluding carboxylic acids is 1. The van der Waals surface area contributed by atoms with E-state index in [-0.39, 0.29) is 11.4 Å². The van der Waals surface area contributed by atoms with Crippen LogP contribution in [-0.4, -0.2) is 24.7 Å². The highest BCUT2D eigenvalue weighted by Gasteiger charge is 2.28. The highest BCUT2D eigenvalue weighted by atomic mass is 16.5. The van der Waals surface area contributed by atoms with Crippen LogP contribution in [0.3, 0.4) is 0 Å². The molecule has 1 saturated carbocycles. The molecule has 126 valence electrons. The van der Waals surface area contributed by atoms with Crippen LogP contribution in [0.2, 0.25) is 0 Å². The largest absolute Gasteiger partial charge is 0.490 e. The second-order valence-corrected chi connectivity index (χ2v) is 7.00. The van der Waals surface area contributed by atoms with Crippen molar-refractivity contribution in [1.82, 2.24) is 5.32 Å². The molecule has 0 unspecified atom stereocenters. The fourth-order valence-electron chi connectivity index (χ4n) is 3.48. The molecule has 4 heteroatoms. The van der Waals surface area contributed by atoms with Gasteiger partial charge in [-0.25, -0.2) is 0 Å². The Bertz CT molecular complexity index is 550. The molecule has 1 aromatic rings. The average molecular weight is 317 g/mol. The average Bonchev–Trinajstić information content (AvgIpc) is 2.78. The Morgan fingerprint density at radius 3 is 2.61 bits per heavy atom. The molecule has 1 heterocycles. The van der Waals surface area contributed by atoms with Crippen LogP contribution in [0.15, 0.2) is 18.2 Å². The Labute approximate surface area is 138 Å². The fraction of sp³-hybridized carbons (Fsp3) is 0.632. The quantitative estimate of drug-likeness (QED) is 0.922. The number of carbonyl (C=O) groups is 1. The minimum atomic E-state index is 0.0000536. The molecule has 1 fully saturated rings. The Hall–Kier alpha value is -1.71. The molecular weight excluding hydrogens is 290 g/mol. The predicted octanol–water partition coefficient (Wildman–Crippen LogP) is 3.62. The number of ether oxygens (including phenoxy) is 2. The Kier molecular flexibility index (Phi) is 5.09. The maximum atomic E-state index is 12.3. The normalized spacial score (nSPS) is 19.7. The van der Waals surface area contributed by atoms with Gasteiger partial charge in [-0.2, -0.15) is 0 Å². The summed E-state index contributed by atoms with van der Waals surface area (Å²) in [6, 6.07) is 6.00. The number of nitrogens with one attached hydrogen (secondary N) is 1. The third kappa shape index (κ3) is 4.40. The van der Waals surface area contributed by atoms with Gasteiger partial charge in [0, 0.05) is 18.4 Å². The number of aryl methyl sites for hydroxylation is 1. The van der Waals surface area contributed by atoms with Crippen molar-refractivity contribution in [2.24, 2.45) is 0 Å². The summed E-state index contributed by atoms with van der Waals surface area (Å²) in [5.41, 5.74) is 1.12. The molecule has 3 rings (SSSR count). The van der Waals surface area contributed by atoms with Gasteiger partial charge in [-0.05, 0) is 43.9 Å². The van der Waals surface area contributed by atoms with E-state index in [1.165, 1.54) is 19.3 Å². The zero-order valence-corrected chi connectivity index (χ0v) is 14.0. The Morgan fingerprint density at radius 1 is 1.09 bits per heavy atom. The lowest BCUT2D eigenvalue weighted by molar-refractivity contribution is -0.123. The molecule has 1 aliphatic carbocycles. The predicted molar refractivity (Wildman–Crippen MR) is 90.0 cm³/mol. The van der Waals surface area contributed by atoms with Crippen LogP contribution in [0.5, 0.6) is 11.5 Å². The molecule has 1 aliphatic heterocycles. The number of rotatable bonds is 4. The highest BCUT2D eigenvalue weighted by molar-refractivity contribution is 5.77. The standard InChI is InChI=1S/C19H27NO3/c1-19(10-3-2-4-11-19)20-18(21)9-7-15-6-8-16-17(14-15)23-13-5-12-22-16/h6,8,14H,2-5,7,9-13H2,1H3,(H,20,21).